The van der Waals surface area contributed by atoms with E-state index in [1.165, 1.54) is 0 Å². The van der Waals surface area contributed by atoms with Crippen molar-refractivity contribution < 1.29 is 4.79 Å². The summed E-state index contributed by atoms with van der Waals surface area (Å²) in [5, 5.41) is 10.7. The molecular formula is C21H21N7OS. The van der Waals surface area contributed by atoms with Gasteiger partial charge in [0, 0.05) is 31.1 Å². The van der Waals surface area contributed by atoms with E-state index in [0.717, 1.165) is 21.9 Å². The molecule has 4 aromatic rings. The second-order valence-electron chi connectivity index (χ2n) is 7.23. The number of hydrogen-bond acceptors (Lipinski definition) is 7. The molecule has 3 aromatic heterocycles. The third-order valence-electron chi connectivity index (χ3n) is 5.29. The molecule has 152 valence electrons. The molecule has 1 aromatic carbocycles. The van der Waals surface area contributed by atoms with Crippen molar-refractivity contribution >= 4 is 34.2 Å². The normalized spacial score (nSPS) is 14.4. The van der Waals surface area contributed by atoms with Crippen LogP contribution in [-0.2, 0) is 17.8 Å². The summed E-state index contributed by atoms with van der Waals surface area (Å²) in [5.41, 5.74) is 2.56. The van der Waals surface area contributed by atoms with E-state index in [1.54, 1.807) is 22.3 Å². The first-order chi connectivity index (χ1) is 14.8. The van der Waals surface area contributed by atoms with Crippen molar-refractivity contribution in [3.63, 3.8) is 0 Å². The van der Waals surface area contributed by atoms with Crippen LogP contribution >= 0.6 is 11.3 Å². The molecule has 0 atom stereocenters. The summed E-state index contributed by atoms with van der Waals surface area (Å²) in [6.07, 6.45) is 2.04. The number of rotatable bonds is 5. The highest BCUT2D eigenvalue weighted by Gasteiger charge is 2.25. The number of hydrogen-bond donors (Lipinski definition) is 0. The van der Waals surface area contributed by atoms with Crippen molar-refractivity contribution in [3.05, 3.63) is 64.6 Å². The van der Waals surface area contributed by atoms with Crippen LogP contribution in [0, 0.1) is 0 Å². The molecule has 1 aliphatic heterocycles. The van der Waals surface area contributed by atoms with Gasteiger partial charge in [-0.05, 0) is 17.0 Å². The molecule has 0 N–H and O–H groups in total. The minimum Gasteiger partial charge on any atom is -0.351 e. The number of piperazine rings is 1. The maximum absolute atomic E-state index is 12.6. The van der Waals surface area contributed by atoms with Crippen LogP contribution in [0.2, 0.25) is 0 Å². The Hall–Kier alpha value is -3.33. The van der Waals surface area contributed by atoms with Crippen molar-refractivity contribution in [1.29, 1.82) is 0 Å². The zero-order valence-electron chi connectivity index (χ0n) is 16.4. The molecule has 9 heteroatoms. The van der Waals surface area contributed by atoms with Crippen LogP contribution in [-0.4, -0.2) is 61.9 Å². The number of aromatic nitrogens is 5. The Labute approximate surface area is 177 Å². The van der Waals surface area contributed by atoms with Crippen molar-refractivity contribution in [2.45, 2.75) is 13.0 Å². The van der Waals surface area contributed by atoms with E-state index in [0.29, 0.717) is 44.7 Å². The molecule has 1 fully saturated rings. The minimum absolute atomic E-state index is 0.179. The Kier molecular flexibility index (Phi) is 5.10. The average molecular weight is 420 g/mol. The first kappa shape index (κ1) is 18.7. The third kappa shape index (κ3) is 3.76. The number of anilines is 1. The van der Waals surface area contributed by atoms with E-state index in [1.807, 2.05) is 40.6 Å². The van der Waals surface area contributed by atoms with Gasteiger partial charge in [-0.1, -0.05) is 41.6 Å². The molecule has 0 unspecified atom stereocenters. The summed E-state index contributed by atoms with van der Waals surface area (Å²) in [6, 6.07) is 14.1. The van der Waals surface area contributed by atoms with Crippen LogP contribution in [0.25, 0.3) is 11.2 Å². The number of carbonyl (C=O) groups is 1. The predicted octanol–water partition coefficient (Wildman–Crippen LogP) is 2.22. The van der Waals surface area contributed by atoms with E-state index >= 15 is 0 Å². The summed E-state index contributed by atoms with van der Waals surface area (Å²) in [7, 11) is 0. The number of carbonyl (C=O) groups excluding carboxylic acids is 1. The molecule has 0 aliphatic carbocycles. The molecule has 0 saturated carbocycles. The van der Waals surface area contributed by atoms with Gasteiger partial charge in [-0.3, -0.25) is 4.79 Å². The van der Waals surface area contributed by atoms with Crippen LogP contribution in [0.1, 0.15) is 10.4 Å². The molecule has 1 saturated heterocycles. The maximum Gasteiger partial charge on any atom is 0.227 e. The molecule has 5 rings (SSSR count). The molecule has 0 bridgehead atoms. The minimum atomic E-state index is 0.179. The number of amides is 1. The van der Waals surface area contributed by atoms with Gasteiger partial charge in [0.15, 0.2) is 17.0 Å². The SMILES string of the molecule is O=C(Cc1cccs1)N1CCN(c2ncnc3c2nnn3Cc2ccccc2)CC1. The van der Waals surface area contributed by atoms with Gasteiger partial charge in [0.05, 0.1) is 13.0 Å². The highest BCUT2D eigenvalue weighted by atomic mass is 32.1. The fourth-order valence-corrected chi connectivity index (χ4v) is 4.41. The lowest BCUT2D eigenvalue weighted by Crippen LogP contribution is -2.49. The number of nitrogens with zero attached hydrogens (tertiary/aromatic N) is 7. The smallest absolute Gasteiger partial charge is 0.227 e. The highest BCUT2D eigenvalue weighted by molar-refractivity contribution is 7.10. The quantitative estimate of drug-likeness (QED) is 0.494. The Balaban J connectivity index is 1.29. The molecule has 8 nitrogen and oxygen atoms in total. The molecule has 4 heterocycles. The highest BCUT2D eigenvalue weighted by Crippen LogP contribution is 2.22. The van der Waals surface area contributed by atoms with Crippen LogP contribution in [0.15, 0.2) is 54.2 Å². The largest absolute Gasteiger partial charge is 0.351 e. The first-order valence-corrected chi connectivity index (χ1v) is 10.8. The standard InChI is InChI=1S/C21H21N7OS/c29-18(13-17-7-4-12-30-17)26-8-10-27(11-9-26)20-19-21(23-15-22-20)28(25-24-19)14-16-5-2-1-3-6-16/h1-7,12,15H,8-11,13-14H2. The maximum atomic E-state index is 12.6. The van der Waals surface area contributed by atoms with E-state index in [9.17, 15) is 4.79 Å². The molecule has 1 aliphatic rings. The number of thiophene rings is 1. The van der Waals surface area contributed by atoms with Gasteiger partial charge < -0.3 is 9.80 Å². The Bertz CT molecular complexity index is 1130. The Morgan fingerprint density at radius 2 is 1.83 bits per heavy atom. The third-order valence-corrected chi connectivity index (χ3v) is 6.17. The molecule has 30 heavy (non-hydrogen) atoms. The summed E-state index contributed by atoms with van der Waals surface area (Å²) >= 11 is 1.62. The fraction of sp³-hybridized carbons (Fsp3) is 0.286. The zero-order valence-corrected chi connectivity index (χ0v) is 17.2. The van der Waals surface area contributed by atoms with Crippen LogP contribution in [0.3, 0.4) is 0 Å². The van der Waals surface area contributed by atoms with Crippen LogP contribution in [0.5, 0.6) is 0 Å². The fourth-order valence-electron chi connectivity index (χ4n) is 3.72. The monoisotopic (exact) mass is 419 g/mol. The summed E-state index contributed by atoms with van der Waals surface area (Å²) in [6.45, 7) is 3.39. The van der Waals surface area contributed by atoms with E-state index in [2.05, 4.69) is 37.3 Å². The first-order valence-electron chi connectivity index (χ1n) is 9.91. The number of fused-ring (bicyclic) bond motifs is 1. The summed E-state index contributed by atoms with van der Waals surface area (Å²) in [5.74, 6) is 0.961. The van der Waals surface area contributed by atoms with Gasteiger partial charge >= 0.3 is 0 Å². The average Bonchev–Trinajstić information content (AvgIpc) is 3.45. The number of benzene rings is 1. The van der Waals surface area contributed by atoms with Gasteiger partial charge in [0.25, 0.3) is 0 Å². The van der Waals surface area contributed by atoms with E-state index < -0.39 is 0 Å². The second kappa shape index (κ2) is 8.19. The van der Waals surface area contributed by atoms with Gasteiger partial charge in [0.2, 0.25) is 5.91 Å². The Morgan fingerprint density at radius 1 is 1.00 bits per heavy atom. The van der Waals surface area contributed by atoms with Crippen molar-refractivity contribution in [3.8, 4) is 0 Å². The van der Waals surface area contributed by atoms with Gasteiger partial charge in [0.1, 0.15) is 6.33 Å². The second-order valence-corrected chi connectivity index (χ2v) is 8.26. The summed E-state index contributed by atoms with van der Waals surface area (Å²) in [4.78, 5) is 26.7. The van der Waals surface area contributed by atoms with Crippen LogP contribution < -0.4 is 4.90 Å². The van der Waals surface area contributed by atoms with Gasteiger partial charge in [-0.2, -0.15) is 0 Å². The Morgan fingerprint density at radius 3 is 2.60 bits per heavy atom. The lowest BCUT2D eigenvalue weighted by molar-refractivity contribution is -0.130. The summed E-state index contributed by atoms with van der Waals surface area (Å²) < 4.78 is 1.80. The van der Waals surface area contributed by atoms with Gasteiger partial charge in [-0.15, -0.1) is 16.4 Å². The van der Waals surface area contributed by atoms with Crippen molar-refractivity contribution in [2.75, 3.05) is 31.1 Å². The molecule has 0 radical (unpaired) electrons. The van der Waals surface area contributed by atoms with Crippen molar-refractivity contribution in [2.24, 2.45) is 0 Å². The molecular weight excluding hydrogens is 398 g/mol. The van der Waals surface area contributed by atoms with Crippen LogP contribution in [0.4, 0.5) is 5.82 Å². The zero-order chi connectivity index (χ0) is 20.3. The van der Waals surface area contributed by atoms with Gasteiger partial charge in [-0.25, -0.2) is 14.6 Å². The predicted molar refractivity (Wildman–Crippen MR) is 115 cm³/mol. The molecule has 1 amide bonds. The van der Waals surface area contributed by atoms with E-state index in [-0.39, 0.29) is 5.91 Å². The lowest BCUT2D eigenvalue weighted by atomic mass is 10.2. The lowest BCUT2D eigenvalue weighted by Gasteiger charge is -2.35. The van der Waals surface area contributed by atoms with E-state index in [4.69, 9.17) is 0 Å². The van der Waals surface area contributed by atoms with Crippen molar-refractivity contribution in [1.82, 2.24) is 29.9 Å². The topological polar surface area (TPSA) is 80.0 Å². The molecule has 0 spiro atoms.